The van der Waals surface area contributed by atoms with Crippen molar-refractivity contribution in [2.24, 2.45) is 5.92 Å². The molecule has 0 saturated carbocycles. The Hall–Kier alpha value is -2.49. The summed E-state index contributed by atoms with van der Waals surface area (Å²) in [5, 5.41) is 2.65. The first-order valence-electron chi connectivity index (χ1n) is 8.26. The summed E-state index contributed by atoms with van der Waals surface area (Å²) in [7, 11) is 3.33. The molecule has 1 N–H and O–H groups in total. The third-order valence-electron chi connectivity index (χ3n) is 4.45. The summed E-state index contributed by atoms with van der Waals surface area (Å²) in [4.78, 5) is 11.4. The van der Waals surface area contributed by atoms with Gasteiger partial charge >= 0.3 is 0 Å². The fourth-order valence-corrected chi connectivity index (χ4v) is 3.07. The van der Waals surface area contributed by atoms with E-state index >= 15 is 0 Å². The summed E-state index contributed by atoms with van der Waals surface area (Å²) in [6.45, 7) is 0.722. The number of hydrogen-bond acceptors (Lipinski definition) is 3. The Labute approximate surface area is 142 Å². The van der Waals surface area contributed by atoms with E-state index in [1.807, 2.05) is 24.3 Å². The van der Waals surface area contributed by atoms with Crippen LogP contribution in [-0.2, 0) is 24.1 Å². The lowest BCUT2D eigenvalue weighted by Gasteiger charge is -2.25. The van der Waals surface area contributed by atoms with Gasteiger partial charge in [-0.1, -0.05) is 30.3 Å². The molecular weight excluding hydrogens is 302 g/mol. The number of benzene rings is 2. The molecule has 1 heterocycles. The normalized spacial score (nSPS) is 16.0. The highest BCUT2D eigenvalue weighted by Crippen LogP contribution is 2.32. The second-order valence-corrected chi connectivity index (χ2v) is 6.23. The fourth-order valence-electron chi connectivity index (χ4n) is 3.07. The molecule has 0 aromatic heterocycles. The average molecular weight is 325 g/mol. The molecule has 0 fully saturated rings. The first kappa shape index (κ1) is 16.4. The summed E-state index contributed by atoms with van der Waals surface area (Å²) in [5.41, 5.74) is 3.56. The number of ether oxygens (including phenoxy) is 2. The monoisotopic (exact) mass is 325 g/mol. The fraction of sp³-hybridized carbons (Fsp3) is 0.350. The second-order valence-electron chi connectivity index (χ2n) is 6.23. The van der Waals surface area contributed by atoms with Gasteiger partial charge in [0.1, 0.15) is 11.5 Å². The summed E-state index contributed by atoms with van der Waals surface area (Å²) in [6, 6.07) is 14.3. The van der Waals surface area contributed by atoms with Gasteiger partial charge < -0.3 is 14.8 Å². The van der Waals surface area contributed by atoms with Gasteiger partial charge in [0.25, 0.3) is 0 Å². The number of carbonyl (C=O) groups excluding carboxylic acids is 1. The number of methoxy groups -OCH3 is 1. The molecule has 0 spiro atoms. The first-order chi connectivity index (χ1) is 11.7. The quantitative estimate of drug-likeness (QED) is 0.919. The molecule has 4 nitrogen and oxygen atoms in total. The lowest BCUT2D eigenvalue weighted by atomic mass is 9.90. The van der Waals surface area contributed by atoms with Gasteiger partial charge in [-0.05, 0) is 35.6 Å². The number of amides is 1. The molecule has 0 unspecified atom stereocenters. The van der Waals surface area contributed by atoms with Crippen molar-refractivity contribution in [3.8, 4) is 11.5 Å². The number of fused-ring (bicyclic) bond motifs is 1. The van der Waals surface area contributed by atoms with E-state index in [2.05, 4.69) is 23.5 Å². The van der Waals surface area contributed by atoms with Crippen LogP contribution in [0.1, 0.15) is 16.7 Å². The van der Waals surface area contributed by atoms with Crippen LogP contribution >= 0.6 is 0 Å². The molecule has 4 heteroatoms. The van der Waals surface area contributed by atoms with Crippen molar-refractivity contribution >= 4 is 5.91 Å². The van der Waals surface area contributed by atoms with Gasteiger partial charge in [-0.25, -0.2) is 0 Å². The van der Waals surface area contributed by atoms with Crippen LogP contribution in [0, 0.1) is 5.92 Å². The zero-order chi connectivity index (χ0) is 16.9. The molecule has 0 aliphatic carbocycles. The van der Waals surface area contributed by atoms with Crippen LogP contribution < -0.4 is 14.8 Å². The Morgan fingerprint density at radius 1 is 1.21 bits per heavy atom. The Kier molecular flexibility index (Phi) is 5.04. The molecule has 2 aromatic rings. The Morgan fingerprint density at radius 3 is 2.67 bits per heavy atom. The van der Waals surface area contributed by atoms with E-state index < -0.39 is 0 Å². The molecule has 0 bridgehead atoms. The zero-order valence-corrected chi connectivity index (χ0v) is 14.2. The van der Waals surface area contributed by atoms with Crippen LogP contribution in [0.5, 0.6) is 11.5 Å². The molecule has 0 radical (unpaired) electrons. The summed E-state index contributed by atoms with van der Waals surface area (Å²) in [5.74, 6) is 2.27. The van der Waals surface area contributed by atoms with E-state index in [-0.39, 0.29) is 5.91 Å². The largest absolute Gasteiger partial charge is 0.497 e. The van der Waals surface area contributed by atoms with Crippen molar-refractivity contribution in [2.45, 2.75) is 19.3 Å². The van der Waals surface area contributed by atoms with Gasteiger partial charge in [0.05, 0.1) is 20.1 Å². The van der Waals surface area contributed by atoms with Gasteiger partial charge in [-0.2, -0.15) is 0 Å². The van der Waals surface area contributed by atoms with E-state index in [0.29, 0.717) is 12.3 Å². The van der Waals surface area contributed by atoms with Crippen molar-refractivity contribution in [3.05, 3.63) is 59.2 Å². The number of carbonyl (C=O) groups is 1. The maximum Gasteiger partial charge on any atom is 0.224 e. The third kappa shape index (κ3) is 3.88. The minimum absolute atomic E-state index is 0.0375. The molecule has 1 aliphatic rings. The Morgan fingerprint density at radius 2 is 1.96 bits per heavy atom. The van der Waals surface area contributed by atoms with E-state index in [4.69, 9.17) is 9.47 Å². The number of rotatable bonds is 5. The van der Waals surface area contributed by atoms with Gasteiger partial charge in [0, 0.05) is 19.0 Å². The van der Waals surface area contributed by atoms with E-state index in [0.717, 1.165) is 36.5 Å². The maximum absolute atomic E-state index is 11.4. The Bertz CT molecular complexity index is 709. The van der Waals surface area contributed by atoms with Gasteiger partial charge in [-0.15, -0.1) is 0 Å². The molecule has 0 saturated heterocycles. The highest BCUT2D eigenvalue weighted by molar-refractivity contribution is 5.78. The van der Waals surface area contributed by atoms with Crippen LogP contribution in [0.2, 0.25) is 0 Å². The molecule has 2 aromatic carbocycles. The van der Waals surface area contributed by atoms with Crippen LogP contribution in [0.15, 0.2) is 42.5 Å². The molecule has 126 valence electrons. The van der Waals surface area contributed by atoms with Crippen molar-refractivity contribution in [2.75, 3.05) is 20.8 Å². The predicted octanol–water partition coefficient (Wildman–Crippen LogP) is 2.78. The van der Waals surface area contributed by atoms with Crippen LogP contribution in [-0.4, -0.2) is 26.7 Å². The second kappa shape index (κ2) is 7.39. The van der Waals surface area contributed by atoms with Crippen LogP contribution in [0.3, 0.4) is 0 Å². The van der Waals surface area contributed by atoms with Crippen LogP contribution in [0.4, 0.5) is 0 Å². The molecule has 3 rings (SSSR count). The lowest BCUT2D eigenvalue weighted by molar-refractivity contribution is -0.119. The van der Waals surface area contributed by atoms with Crippen molar-refractivity contribution in [1.29, 1.82) is 0 Å². The molecule has 1 amide bonds. The smallest absolute Gasteiger partial charge is 0.224 e. The standard InChI is InChI=1S/C20H23NO3/c1-21-20(22)11-15-5-3-14(4-6-15)9-16-10-17-7-8-18(23-2)12-19(17)24-13-16/h3-8,12,16H,9-11,13H2,1-2H3,(H,21,22)/t16-/m1/s1. The van der Waals surface area contributed by atoms with Gasteiger partial charge in [0.15, 0.2) is 0 Å². The number of hydrogen-bond donors (Lipinski definition) is 1. The summed E-state index contributed by atoms with van der Waals surface area (Å²) < 4.78 is 11.1. The minimum Gasteiger partial charge on any atom is -0.497 e. The van der Waals surface area contributed by atoms with E-state index in [9.17, 15) is 4.79 Å². The minimum atomic E-state index is 0.0375. The molecule has 24 heavy (non-hydrogen) atoms. The van der Waals surface area contributed by atoms with Gasteiger partial charge in [-0.3, -0.25) is 4.79 Å². The average Bonchev–Trinajstić information content (AvgIpc) is 2.62. The Balaban J connectivity index is 1.61. The molecule has 1 aliphatic heterocycles. The zero-order valence-electron chi connectivity index (χ0n) is 14.2. The van der Waals surface area contributed by atoms with Crippen molar-refractivity contribution in [3.63, 3.8) is 0 Å². The predicted molar refractivity (Wildman–Crippen MR) is 93.6 cm³/mol. The number of nitrogens with one attached hydrogen (secondary N) is 1. The number of likely N-dealkylation sites (N-methyl/N-ethyl adjacent to an activating group) is 1. The van der Waals surface area contributed by atoms with E-state index in [1.54, 1.807) is 14.2 Å². The molecular formula is C20H23NO3. The van der Waals surface area contributed by atoms with Gasteiger partial charge in [0.2, 0.25) is 5.91 Å². The highest BCUT2D eigenvalue weighted by atomic mass is 16.5. The summed E-state index contributed by atoms with van der Waals surface area (Å²) >= 11 is 0. The SMILES string of the molecule is CNC(=O)Cc1ccc(C[C@H]2COc3cc(OC)ccc3C2)cc1. The first-order valence-corrected chi connectivity index (χ1v) is 8.26. The topological polar surface area (TPSA) is 47.6 Å². The lowest BCUT2D eigenvalue weighted by Crippen LogP contribution is -2.23. The summed E-state index contributed by atoms with van der Waals surface area (Å²) in [6.07, 6.45) is 2.42. The van der Waals surface area contributed by atoms with Crippen molar-refractivity contribution < 1.29 is 14.3 Å². The van der Waals surface area contributed by atoms with Crippen LogP contribution in [0.25, 0.3) is 0 Å². The molecule has 1 atom stereocenters. The van der Waals surface area contributed by atoms with E-state index in [1.165, 1.54) is 11.1 Å². The highest BCUT2D eigenvalue weighted by Gasteiger charge is 2.20. The maximum atomic E-state index is 11.4. The third-order valence-corrected chi connectivity index (χ3v) is 4.45. The van der Waals surface area contributed by atoms with Crippen molar-refractivity contribution in [1.82, 2.24) is 5.32 Å².